The largest absolute Gasteiger partial charge is 0.469 e. The Balaban J connectivity index is 0.670. The summed E-state index contributed by atoms with van der Waals surface area (Å²) in [6.45, 7) is 8.78. The van der Waals surface area contributed by atoms with E-state index in [1.807, 2.05) is 42.7 Å². The molecule has 1 unspecified atom stereocenters. The number of ether oxygens (including phenoxy) is 2. The van der Waals surface area contributed by atoms with Crippen LogP contribution < -0.4 is 29.1 Å². The van der Waals surface area contributed by atoms with Gasteiger partial charge in [-0.25, -0.2) is 15.0 Å². The van der Waals surface area contributed by atoms with E-state index in [4.69, 9.17) is 29.4 Å². The van der Waals surface area contributed by atoms with Crippen molar-refractivity contribution in [3.05, 3.63) is 103 Å². The number of anilines is 4. The molecular formula is C46H51N9O3. The standard InChI is InChI=1S/C46H51N9O3/c1-31-22-40(46(48-24-31)58-37-29-55(30-37)43-13-11-34-7-3-5-9-39(34)50-43)52-18-14-32(15-19-52)23-41(56)35-16-20-53(21-17-35)44-25-47-26-45(51-44)57-36-27-54(28-36)42-12-10-33-6-2-4-8-38(33)49-42/h2-13,22,24-26,32,35-37,41,56H,14-21,23,27-30H2,1H3. The molecule has 298 valence electrons. The average molecular weight is 778 g/mol. The number of nitrogens with zero attached hydrogens (tertiary/aromatic N) is 9. The van der Waals surface area contributed by atoms with Gasteiger partial charge in [-0.15, -0.1) is 0 Å². The first-order valence-corrected chi connectivity index (χ1v) is 21.0. The molecule has 4 aliphatic heterocycles. The fourth-order valence-corrected chi connectivity index (χ4v) is 9.05. The van der Waals surface area contributed by atoms with Gasteiger partial charge in [-0.1, -0.05) is 36.4 Å². The third kappa shape index (κ3) is 7.77. The zero-order chi connectivity index (χ0) is 39.0. The van der Waals surface area contributed by atoms with E-state index in [2.05, 4.69) is 80.0 Å². The van der Waals surface area contributed by atoms with E-state index >= 15 is 0 Å². The van der Waals surface area contributed by atoms with Gasteiger partial charge in [0.2, 0.25) is 11.8 Å². The molecule has 6 aromatic rings. The van der Waals surface area contributed by atoms with E-state index in [-0.39, 0.29) is 18.3 Å². The summed E-state index contributed by atoms with van der Waals surface area (Å²) in [5.74, 6) is 4.88. The number of aromatic nitrogens is 5. The molecule has 8 heterocycles. The monoisotopic (exact) mass is 777 g/mol. The molecule has 0 aliphatic carbocycles. The number of benzene rings is 2. The number of rotatable bonds is 11. The second-order valence-corrected chi connectivity index (χ2v) is 16.6. The van der Waals surface area contributed by atoms with Gasteiger partial charge in [0.25, 0.3) is 0 Å². The lowest BCUT2D eigenvalue weighted by molar-refractivity contribution is 0.0646. The number of hydrogen-bond donors (Lipinski definition) is 1. The third-order valence-corrected chi connectivity index (χ3v) is 12.6. The molecule has 0 radical (unpaired) electrons. The van der Waals surface area contributed by atoms with Crippen molar-refractivity contribution >= 4 is 44.9 Å². The predicted octanol–water partition coefficient (Wildman–Crippen LogP) is 6.70. The van der Waals surface area contributed by atoms with Gasteiger partial charge in [0, 0.05) is 43.1 Å². The van der Waals surface area contributed by atoms with Gasteiger partial charge in [-0.3, -0.25) is 4.98 Å². The van der Waals surface area contributed by atoms with Gasteiger partial charge >= 0.3 is 0 Å². The maximum atomic E-state index is 11.4. The Kier molecular flexibility index (Phi) is 10.0. The summed E-state index contributed by atoms with van der Waals surface area (Å²) >= 11 is 0. The van der Waals surface area contributed by atoms with Crippen LogP contribution in [0, 0.1) is 18.8 Å². The highest BCUT2D eigenvalue weighted by Gasteiger charge is 2.34. The van der Waals surface area contributed by atoms with Crippen molar-refractivity contribution in [3.63, 3.8) is 0 Å². The summed E-state index contributed by atoms with van der Waals surface area (Å²) in [4.78, 5) is 32.9. The first-order valence-electron chi connectivity index (χ1n) is 21.0. The van der Waals surface area contributed by atoms with Crippen LogP contribution in [0.5, 0.6) is 11.8 Å². The van der Waals surface area contributed by atoms with Crippen molar-refractivity contribution in [2.75, 3.05) is 72.0 Å². The van der Waals surface area contributed by atoms with E-state index in [0.717, 1.165) is 141 Å². The Bertz CT molecular complexity index is 2370. The van der Waals surface area contributed by atoms with Crippen LogP contribution in [0.15, 0.2) is 97.5 Å². The minimum Gasteiger partial charge on any atom is -0.469 e. The molecule has 4 saturated heterocycles. The number of aryl methyl sites for hydroxylation is 1. The van der Waals surface area contributed by atoms with Crippen molar-refractivity contribution in [2.24, 2.45) is 11.8 Å². The lowest BCUT2D eigenvalue weighted by Gasteiger charge is -2.41. The van der Waals surface area contributed by atoms with E-state index < -0.39 is 0 Å². The van der Waals surface area contributed by atoms with E-state index in [1.165, 1.54) is 0 Å². The Morgan fingerprint density at radius 1 is 0.638 bits per heavy atom. The van der Waals surface area contributed by atoms with Crippen LogP contribution >= 0.6 is 0 Å². The number of hydrogen-bond acceptors (Lipinski definition) is 12. The van der Waals surface area contributed by atoms with Gasteiger partial charge in [-0.05, 0) is 98.9 Å². The van der Waals surface area contributed by atoms with Crippen molar-refractivity contribution in [1.29, 1.82) is 0 Å². The molecule has 0 saturated carbocycles. The molecule has 0 amide bonds. The number of piperidine rings is 2. The third-order valence-electron chi connectivity index (χ3n) is 12.6. The predicted molar refractivity (Wildman–Crippen MR) is 228 cm³/mol. The molecule has 4 fully saturated rings. The summed E-state index contributed by atoms with van der Waals surface area (Å²) in [6.07, 6.45) is 10.1. The second kappa shape index (κ2) is 15.9. The van der Waals surface area contributed by atoms with Crippen LogP contribution in [0.25, 0.3) is 21.8 Å². The van der Waals surface area contributed by atoms with Crippen LogP contribution in [0.3, 0.4) is 0 Å². The van der Waals surface area contributed by atoms with Crippen LogP contribution in [0.2, 0.25) is 0 Å². The lowest BCUT2D eigenvalue weighted by Crippen LogP contribution is -2.54. The maximum Gasteiger partial charge on any atom is 0.237 e. The average Bonchev–Trinajstić information content (AvgIpc) is 3.23. The van der Waals surface area contributed by atoms with Crippen molar-refractivity contribution in [1.82, 2.24) is 24.9 Å². The molecule has 10 rings (SSSR count). The molecule has 2 aromatic carbocycles. The molecule has 12 heteroatoms. The van der Waals surface area contributed by atoms with Gasteiger partial charge in [0.15, 0.2) is 5.82 Å². The molecule has 1 atom stereocenters. The number of fused-ring (bicyclic) bond motifs is 2. The highest BCUT2D eigenvalue weighted by atomic mass is 16.5. The number of aliphatic hydroxyl groups is 1. The van der Waals surface area contributed by atoms with E-state index in [1.54, 1.807) is 6.20 Å². The topological polar surface area (TPSA) is 116 Å². The molecule has 58 heavy (non-hydrogen) atoms. The second-order valence-electron chi connectivity index (χ2n) is 16.6. The van der Waals surface area contributed by atoms with Crippen LogP contribution in [-0.4, -0.2) is 101 Å². The highest BCUT2D eigenvalue weighted by molar-refractivity contribution is 5.81. The quantitative estimate of drug-likeness (QED) is 0.151. The number of aliphatic hydroxyl groups excluding tert-OH is 1. The lowest BCUT2D eigenvalue weighted by atomic mass is 9.83. The van der Waals surface area contributed by atoms with Gasteiger partial charge in [0.1, 0.15) is 29.5 Å². The van der Waals surface area contributed by atoms with Crippen LogP contribution in [0.4, 0.5) is 23.1 Å². The molecule has 12 nitrogen and oxygen atoms in total. The van der Waals surface area contributed by atoms with Crippen LogP contribution in [0.1, 0.15) is 37.7 Å². The summed E-state index contributed by atoms with van der Waals surface area (Å²) in [5.41, 5.74) is 4.23. The number of para-hydroxylation sites is 2. The van der Waals surface area contributed by atoms with E-state index in [9.17, 15) is 5.11 Å². The molecule has 0 spiro atoms. The zero-order valence-corrected chi connectivity index (χ0v) is 33.1. The molecule has 1 N–H and O–H groups in total. The van der Waals surface area contributed by atoms with Crippen molar-refractivity contribution < 1.29 is 14.6 Å². The Hall–Kier alpha value is -5.75. The number of pyridine rings is 3. The minimum atomic E-state index is -0.295. The zero-order valence-electron chi connectivity index (χ0n) is 33.1. The van der Waals surface area contributed by atoms with E-state index in [0.29, 0.717) is 17.7 Å². The summed E-state index contributed by atoms with van der Waals surface area (Å²) < 4.78 is 12.8. The highest BCUT2D eigenvalue weighted by Crippen LogP contribution is 2.36. The first kappa shape index (κ1) is 36.6. The van der Waals surface area contributed by atoms with Crippen molar-refractivity contribution in [3.8, 4) is 11.8 Å². The summed E-state index contributed by atoms with van der Waals surface area (Å²) in [6, 6.07) is 27.1. The fraction of sp³-hybridized carbons (Fsp3) is 0.413. The van der Waals surface area contributed by atoms with Gasteiger partial charge < -0.3 is 34.2 Å². The summed E-state index contributed by atoms with van der Waals surface area (Å²) in [5, 5.41) is 13.7. The smallest absolute Gasteiger partial charge is 0.237 e. The maximum absolute atomic E-state index is 11.4. The first-order chi connectivity index (χ1) is 28.5. The Labute approximate surface area is 339 Å². The SMILES string of the molecule is Cc1cnc(OC2CN(c3ccc4ccccc4n3)C2)c(N2CCC(CC(O)C3CCN(c4cncc(OC5CN(c6ccc7ccccc7n6)C5)n4)CC3)CC2)c1. The van der Waals surface area contributed by atoms with Crippen LogP contribution in [-0.2, 0) is 0 Å². The molecular weight excluding hydrogens is 727 g/mol. The van der Waals surface area contributed by atoms with Crippen molar-refractivity contribution in [2.45, 2.75) is 57.3 Å². The van der Waals surface area contributed by atoms with Gasteiger partial charge in [0.05, 0.1) is 55.7 Å². The Morgan fingerprint density at radius 2 is 1.24 bits per heavy atom. The molecule has 0 bridgehead atoms. The molecule has 4 aliphatic rings. The molecule has 4 aromatic heterocycles. The minimum absolute atomic E-state index is 0.0494. The summed E-state index contributed by atoms with van der Waals surface area (Å²) in [7, 11) is 0. The van der Waals surface area contributed by atoms with Gasteiger partial charge in [-0.2, -0.15) is 4.98 Å². The fourth-order valence-electron chi connectivity index (χ4n) is 9.05. The Morgan fingerprint density at radius 3 is 1.90 bits per heavy atom. The normalized spacial score (nSPS) is 19.0.